The Morgan fingerprint density at radius 3 is 2.63 bits per heavy atom. The van der Waals surface area contributed by atoms with Gasteiger partial charge in [-0.05, 0) is 49.9 Å². The van der Waals surface area contributed by atoms with Crippen LogP contribution < -0.4 is 5.32 Å². The molecule has 2 aliphatic rings. The van der Waals surface area contributed by atoms with E-state index in [1.54, 1.807) is 14.0 Å². The SMILES string of the molecule is CCOC(=O)OC1=C(c2ccc(Br)cc2C)C(=O)NC12CCN(OC)CC2. The molecule has 1 amide bonds. The third kappa shape index (κ3) is 3.88. The lowest BCUT2D eigenvalue weighted by molar-refractivity contribution is -0.152. The fourth-order valence-corrected chi connectivity index (χ4v) is 4.09. The molecule has 2 aliphatic heterocycles. The van der Waals surface area contributed by atoms with E-state index in [1.807, 2.05) is 30.2 Å². The summed E-state index contributed by atoms with van der Waals surface area (Å²) in [6.45, 7) is 5.05. The van der Waals surface area contributed by atoms with Crippen LogP contribution >= 0.6 is 15.9 Å². The summed E-state index contributed by atoms with van der Waals surface area (Å²) in [6.07, 6.45) is 0.339. The first-order valence-corrected chi connectivity index (χ1v) is 9.67. The molecule has 3 rings (SSSR count). The molecule has 8 heteroatoms. The first-order chi connectivity index (χ1) is 12.9. The Kier molecular flexibility index (Phi) is 5.88. The molecule has 2 heterocycles. The Bertz CT molecular complexity index is 784. The minimum atomic E-state index is -0.801. The molecule has 1 saturated heterocycles. The molecule has 1 fully saturated rings. The summed E-state index contributed by atoms with van der Waals surface area (Å²) in [4.78, 5) is 30.3. The fourth-order valence-electron chi connectivity index (χ4n) is 3.61. The molecule has 0 aromatic heterocycles. The second-order valence-corrected chi connectivity index (χ2v) is 7.51. The van der Waals surface area contributed by atoms with Crippen molar-refractivity contribution in [3.8, 4) is 0 Å². The van der Waals surface area contributed by atoms with Crippen LogP contribution in [0.15, 0.2) is 28.4 Å². The van der Waals surface area contributed by atoms with Crippen LogP contribution in [0.25, 0.3) is 5.57 Å². The van der Waals surface area contributed by atoms with Crippen molar-refractivity contribution in [1.82, 2.24) is 10.4 Å². The lowest BCUT2D eigenvalue weighted by Gasteiger charge is -2.38. The summed E-state index contributed by atoms with van der Waals surface area (Å²) in [5, 5.41) is 4.88. The van der Waals surface area contributed by atoms with Crippen molar-refractivity contribution in [2.24, 2.45) is 0 Å². The van der Waals surface area contributed by atoms with Gasteiger partial charge in [0.05, 0.1) is 19.3 Å². The number of aryl methyl sites for hydroxylation is 1. The Labute approximate surface area is 166 Å². The Hall–Kier alpha value is -1.90. The molecule has 146 valence electrons. The van der Waals surface area contributed by atoms with E-state index < -0.39 is 11.7 Å². The minimum absolute atomic E-state index is 0.199. The van der Waals surface area contributed by atoms with Gasteiger partial charge in [0.15, 0.2) is 5.76 Å². The van der Waals surface area contributed by atoms with Crippen LogP contribution in [0, 0.1) is 6.92 Å². The number of amides is 1. The summed E-state index contributed by atoms with van der Waals surface area (Å²) >= 11 is 3.44. The molecular weight excluding hydrogens is 416 g/mol. The standard InChI is InChI=1S/C19H23BrN2O5/c1-4-26-18(24)27-16-15(14-6-5-13(20)11-12(14)2)17(23)21-19(16)7-9-22(25-3)10-8-19/h5-6,11H,4,7-10H2,1-3H3,(H,21,23). The number of hydrogen-bond acceptors (Lipinski definition) is 6. The van der Waals surface area contributed by atoms with Gasteiger partial charge in [-0.25, -0.2) is 4.79 Å². The van der Waals surface area contributed by atoms with Gasteiger partial charge in [-0.2, -0.15) is 5.06 Å². The topological polar surface area (TPSA) is 77.1 Å². The molecule has 1 aromatic rings. The van der Waals surface area contributed by atoms with Gasteiger partial charge in [0.1, 0.15) is 5.54 Å². The number of carbonyl (C=O) groups is 2. The molecule has 27 heavy (non-hydrogen) atoms. The minimum Gasteiger partial charge on any atom is -0.434 e. The summed E-state index contributed by atoms with van der Waals surface area (Å²) in [5.41, 5.74) is 1.29. The van der Waals surface area contributed by atoms with Crippen LogP contribution in [0.4, 0.5) is 4.79 Å². The largest absolute Gasteiger partial charge is 0.513 e. The summed E-state index contributed by atoms with van der Waals surface area (Å²) in [7, 11) is 1.62. The summed E-state index contributed by atoms with van der Waals surface area (Å²) in [5.74, 6) is 0.0951. The molecule has 0 aliphatic carbocycles. The molecule has 7 nitrogen and oxygen atoms in total. The number of hydrogen-bond donors (Lipinski definition) is 1. The van der Waals surface area contributed by atoms with E-state index in [0.717, 1.165) is 15.6 Å². The first kappa shape index (κ1) is 19.9. The van der Waals surface area contributed by atoms with Gasteiger partial charge in [-0.3, -0.25) is 4.79 Å². The Morgan fingerprint density at radius 2 is 2.04 bits per heavy atom. The van der Waals surface area contributed by atoms with Gasteiger partial charge < -0.3 is 19.6 Å². The predicted octanol–water partition coefficient (Wildman–Crippen LogP) is 3.17. The maximum absolute atomic E-state index is 12.9. The quantitative estimate of drug-likeness (QED) is 0.727. The molecule has 1 N–H and O–H groups in total. The van der Waals surface area contributed by atoms with Crippen LogP contribution in [0.2, 0.25) is 0 Å². The van der Waals surface area contributed by atoms with E-state index in [4.69, 9.17) is 14.3 Å². The molecule has 1 aromatic carbocycles. The molecule has 0 atom stereocenters. The highest BCUT2D eigenvalue weighted by atomic mass is 79.9. The monoisotopic (exact) mass is 438 g/mol. The molecule has 0 unspecified atom stereocenters. The zero-order valence-corrected chi connectivity index (χ0v) is 17.2. The number of hydroxylamine groups is 2. The third-order valence-corrected chi connectivity index (χ3v) is 5.47. The van der Waals surface area contributed by atoms with E-state index in [2.05, 4.69) is 21.2 Å². The first-order valence-electron chi connectivity index (χ1n) is 8.87. The molecular formula is C19H23BrN2O5. The Morgan fingerprint density at radius 1 is 1.33 bits per heavy atom. The maximum atomic E-state index is 12.9. The zero-order valence-electron chi connectivity index (χ0n) is 15.6. The van der Waals surface area contributed by atoms with Crippen molar-refractivity contribution < 1.29 is 23.9 Å². The lowest BCUT2D eigenvalue weighted by atomic mass is 9.85. The van der Waals surface area contributed by atoms with Crippen molar-refractivity contribution >= 4 is 33.6 Å². The van der Waals surface area contributed by atoms with E-state index in [9.17, 15) is 9.59 Å². The van der Waals surface area contributed by atoms with Crippen molar-refractivity contribution in [2.75, 3.05) is 26.8 Å². The number of ether oxygens (including phenoxy) is 2. The highest BCUT2D eigenvalue weighted by molar-refractivity contribution is 9.10. The number of nitrogens with zero attached hydrogens (tertiary/aromatic N) is 1. The van der Waals surface area contributed by atoms with Gasteiger partial charge >= 0.3 is 6.16 Å². The molecule has 0 radical (unpaired) electrons. The van der Waals surface area contributed by atoms with Gasteiger partial charge in [0.2, 0.25) is 0 Å². The van der Waals surface area contributed by atoms with Crippen molar-refractivity contribution in [3.63, 3.8) is 0 Å². The fraction of sp³-hybridized carbons (Fsp3) is 0.474. The highest BCUT2D eigenvalue weighted by Gasteiger charge is 2.50. The zero-order chi connectivity index (χ0) is 19.6. The molecule has 1 spiro atoms. The third-order valence-electron chi connectivity index (χ3n) is 4.98. The second kappa shape index (κ2) is 8.00. The van der Waals surface area contributed by atoms with Gasteiger partial charge in [-0.1, -0.05) is 22.0 Å². The number of halogens is 1. The van der Waals surface area contributed by atoms with Crippen LogP contribution in [0.5, 0.6) is 0 Å². The predicted molar refractivity (Wildman–Crippen MR) is 103 cm³/mol. The average molecular weight is 439 g/mol. The average Bonchev–Trinajstić information content (AvgIpc) is 2.87. The van der Waals surface area contributed by atoms with Crippen LogP contribution in [-0.4, -0.2) is 49.5 Å². The normalized spacial score (nSPS) is 19.3. The second-order valence-electron chi connectivity index (χ2n) is 6.60. The number of carbonyl (C=O) groups excluding carboxylic acids is 2. The number of piperidine rings is 1. The Balaban J connectivity index is 2.06. The van der Waals surface area contributed by atoms with Gasteiger partial charge in [0, 0.05) is 17.6 Å². The lowest BCUT2D eigenvalue weighted by Crippen LogP contribution is -2.53. The highest BCUT2D eigenvalue weighted by Crippen LogP contribution is 2.41. The number of rotatable bonds is 4. The van der Waals surface area contributed by atoms with Crippen molar-refractivity contribution in [3.05, 3.63) is 39.6 Å². The smallest absolute Gasteiger partial charge is 0.434 e. The van der Waals surface area contributed by atoms with Crippen LogP contribution in [-0.2, 0) is 19.1 Å². The summed E-state index contributed by atoms with van der Waals surface area (Å²) < 4.78 is 11.5. The molecule has 0 bridgehead atoms. The molecule has 0 saturated carbocycles. The van der Waals surface area contributed by atoms with Crippen molar-refractivity contribution in [2.45, 2.75) is 32.2 Å². The number of nitrogens with one attached hydrogen (secondary N) is 1. The maximum Gasteiger partial charge on any atom is 0.513 e. The number of benzene rings is 1. The van der Waals surface area contributed by atoms with Gasteiger partial charge in [0.25, 0.3) is 5.91 Å². The summed E-state index contributed by atoms with van der Waals surface area (Å²) in [6, 6.07) is 5.64. The van der Waals surface area contributed by atoms with Crippen molar-refractivity contribution in [1.29, 1.82) is 0 Å². The van der Waals surface area contributed by atoms with E-state index in [-0.39, 0.29) is 12.5 Å². The van der Waals surface area contributed by atoms with E-state index in [0.29, 0.717) is 37.3 Å². The van der Waals surface area contributed by atoms with Gasteiger partial charge in [-0.15, -0.1) is 0 Å². The van der Waals surface area contributed by atoms with E-state index >= 15 is 0 Å². The van der Waals surface area contributed by atoms with Crippen LogP contribution in [0.3, 0.4) is 0 Å². The van der Waals surface area contributed by atoms with Crippen LogP contribution in [0.1, 0.15) is 30.9 Å². The van der Waals surface area contributed by atoms with E-state index in [1.165, 1.54) is 0 Å².